The number of nitrogens with zero attached hydrogens (tertiary/aromatic N) is 1. The van der Waals surface area contributed by atoms with E-state index in [1.165, 1.54) is 29.3 Å². The molecule has 0 aliphatic heterocycles. The molecule has 4 heteroatoms. The Morgan fingerprint density at radius 2 is 2.18 bits per heavy atom. The highest BCUT2D eigenvalue weighted by Crippen LogP contribution is 2.30. The van der Waals surface area contributed by atoms with Crippen LogP contribution in [0.25, 0.3) is 10.1 Å². The molecule has 0 bridgehead atoms. The third-order valence-corrected chi connectivity index (χ3v) is 4.19. The number of pyridine rings is 1. The first-order valence-corrected chi connectivity index (χ1v) is 7.58. The zero-order valence-electron chi connectivity index (χ0n) is 9.91. The number of hydrogen-bond acceptors (Lipinski definition) is 3. The molecular formula is C13H16BrNOS. The van der Waals surface area contributed by atoms with Crippen molar-refractivity contribution in [3.05, 3.63) is 22.1 Å². The predicted octanol–water partition coefficient (Wildman–Crippen LogP) is 5.02. The van der Waals surface area contributed by atoms with Crippen molar-refractivity contribution in [3.63, 3.8) is 0 Å². The number of halogens is 1. The molecule has 0 aromatic carbocycles. The van der Waals surface area contributed by atoms with Gasteiger partial charge in [0.05, 0.1) is 15.1 Å². The Labute approximate surface area is 114 Å². The van der Waals surface area contributed by atoms with Gasteiger partial charge in [0, 0.05) is 17.6 Å². The molecular weight excluding hydrogens is 298 g/mol. The molecule has 0 saturated heterocycles. The van der Waals surface area contributed by atoms with Crippen LogP contribution in [-0.4, -0.2) is 11.6 Å². The summed E-state index contributed by atoms with van der Waals surface area (Å²) >= 11 is 5.17. The molecule has 0 saturated carbocycles. The Bertz CT molecular complexity index is 483. The van der Waals surface area contributed by atoms with Gasteiger partial charge in [-0.15, -0.1) is 11.3 Å². The van der Waals surface area contributed by atoms with Crippen LogP contribution in [-0.2, 0) is 0 Å². The van der Waals surface area contributed by atoms with E-state index in [2.05, 4.69) is 33.9 Å². The molecule has 0 spiro atoms. The summed E-state index contributed by atoms with van der Waals surface area (Å²) in [6.45, 7) is 2.98. The van der Waals surface area contributed by atoms with Gasteiger partial charge in [0.15, 0.2) is 0 Å². The SMILES string of the molecule is CCCCCCOc1cc2cc(Br)sc2cn1. The minimum atomic E-state index is 0.735. The van der Waals surface area contributed by atoms with Crippen molar-refractivity contribution in [2.24, 2.45) is 0 Å². The van der Waals surface area contributed by atoms with E-state index in [1.54, 1.807) is 11.3 Å². The molecule has 2 rings (SSSR count). The van der Waals surface area contributed by atoms with Crippen molar-refractivity contribution in [1.82, 2.24) is 4.98 Å². The fourth-order valence-corrected chi connectivity index (χ4v) is 3.18. The number of rotatable bonds is 6. The maximum Gasteiger partial charge on any atom is 0.213 e. The number of fused-ring (bicyclic) bond motifs is 1. The van der Waals surface area contributed by atoms with E-state index in [9.17, 15) is 0 Å². The van der Waals surface area contributed by atoms with E-state index in [1.807, 2.05) is 12.3 Å². The van der Waals surface area contributed by atoms with E-state index in [4.69, 9.17) is 4.74 Å². The van der Waals surface area contributed by atoms with E-state index in [-0.39, 0.29) is 0 Å². The molecule has 0 N–H and O–H groups in total. The van der Waals surface area contributed by atoms with Crippen molar-refractivity contribution in [2.45, 2.75) is 32.6 Å². The number of unbranched alkanes of at least 4 members (excludes halogenated alkanes) is 3. The normalized spacial score (nSPS) is 10.9. The lowest BCUT2D eigenvalue weighted by atomic mass is 10.2. The lowest BCUT2D eigenvalue weighted by Gasteiger charge is -2.04. The average molecular weight is 314 g/mol. The molecule has 0 radical (unpaired) electrons. The van der Waals surface area contributed by atoms with Gasteiger partial charge in [0.25, 0.3) is 0 Å². The van der Waals surface area contributed by atoms with Crippen LogP contribution in [0.3, 0.4) is 0 Å². The highest BCUT2D eigenvalue weighted by atomic mass is 79.9. The van der Waals surface area contributed by atoms with Gasteiger partial charge in [-0.25, -0.2) is 4.98 Å². The molecule has 2 heterocycles. The summed E-state index contributed by atoms with van der Waals surface area (Å²) in [4.78, 5) is 4.31. The standard InChI is InChI=1S/C13H16BrNOS/c1-2-3-4-5-6-16-13-8-10-7-12(14)17-11(10)9-15-13/h7-9H,2-6H2,1H3. The fourth-order valence-electron chi connectivity index (χ4n) is 1.68. The maximum atomic E-state index is 5.65. The Morgan fingerprint density at radius 3 is 3.00 bits per heavy atom. The van der Waals surface area contributed by atoms with Gasteiger partial charge in [-0.1, -0.05) is 26.2 Å². The lowest BCUT2D eigenvalue weighted by molar-refractivity contribution is 0.294. The van der Waals surface area contributed by atoms with Crippen LogP contribution >= 0.6 is 27.3 Å². The molecule has 0 atom stereocenters. The van der Waals surface area contributed by atoms with Gasteiger partial charge in [0.2, 0.25) is 5.88 Å². The van der Waals surface area contributed by atoms with Crippen LogP contribution in [0.15, 0.2) is 22.1 Å². The van der Waals surface area contributed by atoms with E-state index < -0.39 is 0 Å². The van der Waals surface area contributed by atoms with Gasteiger partial charge >= 0.3 is 0 Å². The number of hydrogen-bond donors (Lipinski definition) is 0. The van der Waals surface area contributed by atoms with Crippen LogP contribution < -0.4 is 4.74 Å². The first-order chi connectivity index (χ1) is 8.29. The van der Waals surface area contributed by atoms with Crippen molar-refractivity contribution in [1.29, 1.82) is 0 Å². The van der Waals surface area contributed by atoms with E-state index in [0.717, 1.165) is 22.7 Å². The summed E-state index contributed by atoms with van der Waals surface area (Å²) in [7, 11) is 0. The number of aromatic nitrogens is 1. The summed E-state index contributed by atoms with van der Waals surface area (Å²) in [5.74, 6) is 0.735. The van der Waals surface area contributed by atoms with E-state index in [0.29, 0.717) is 0 Å². The van der Waals surface area contributed by atoms with Gasteiger partial charge in [-0.2, -0.15) is 0 Å². The van der Waals surface area contributed by atoms with Crippen LogP contribution in [0.2, 0.25) is 0 Å². The second-order valence-corrected chi connectivity index (χ2v) is 6.48. The van der Waals surface area contributed by atoms with Gasteiger partial charge in [-0.3, -0.25) is 0 Å². The van der Waals surface area contributed by atoms with Crippen LogP contribution in [0.5, 0.6) is 5.88 Å². The number of ether oxygens (including phenoxy) is 1. The monoisotopic (exact) mass is 313 g/mol. The highest BCUT2D eigenvalue weighted by molar-refractivity contribution is 9.11. The molecule has 2 nitrogen and oxygen atoms in total. The van der Waals surface area contributed by atoms with Crippen LogP contribution in [0, 0.1) is 0 Å². The topological polar surface area (TPSA) is 22.1 Å². The molecule has 0 aliphatic carbocycles. The fraction of sp³-hybridized carbons (Fsp3) is 0.462. The minimum Gasteiger partial charge on any atom is -0.478 e. The van der Waals surface area contributed by atoms with Crippen molar-refractivity contribution >= 4 is 37.4 Å². The van der Waals surface area contributed by atoms with Crippen molar-refractivity contribution < 1.29 is 4.74 Å². The summed E-state index contributed by atoms with van der Waals surface area (Å²) in [6.07, 6.45) is 6.77. The zero-order chi connectivity index (χ0) is 12.1. The Kier molecular flexibility index (Phi) is 4.80. The van der Waals surface area contributed by atoms with Crippen LogP contribution in [0.1, 0.15) is 32.6 Å². The summed E-state index contributed by atoms with van der Waals surface area (Å²) in [5, 5.41) is 1.19. The Morgan fingerprint density at radius 1 is 1.29 bits per heavy atom. The zero-order valence-corrected chi connectivity index (χ0v) is 12.3. The molecule has 0 fully saturated rings. The largest absolute Gasteiger partial charge is 0.478 e. The second kappa shape index (κ2) is 6.36. The Hall–Kier alpha value is -0.610. The average Bonchev–Trinajstić information content (AvgIpc) is 2.68. The van der Waals surface area contributed by atoms with Gasteiger partial charge in [0.1, 0.15) is 0 Å². The van der Waals surface area contributed by atoms with Crippen LogP contribution in [0.4, 0.5) is 0 Å². The smallest absolute Gasteiger partial charge is 0.213 e. The lowest BCUT2D eigenvalue weighted by Crippen LogP contribution is -1.98. The maximum absolute atomic E-state index is 5.65. The Balaban J connectivity index is 1.90. The highest BCUT2D eigenvalue weighted by Gasteiger charge is 2.02. The summed E-state index contributed by atoms with van der Waals surface area (Å²) < 4.78 is 7.97. The molecule has 0 unspecified atom stereocenters. The predicted molar refractivity (Wildman–Crippen MR) is 77.0 cm³/mol. The summed E-state index contributed by atoms with van der Waals surface area (Å²) in [6, 6.07) is 4.11. The van der Waals surface area contributed by atoms with E-state index >= 15 is 0 Å². The number of thiophene rings is 1. The third kappa shape index (κ3) is 3.68. The molecule has 92 valence electrons. The third-order valence-electron chi connectivity index (χ3n) is 2.60. The van der Waals surface area contributed by atoms with Gasteiger partial charge < -0.3 is 4.74 Å². The van der Waals surface area contributed by atoms with Crippen molar-refractivity contribution in [3.8, 4) is 5.88 Å². The molecule has 2 aromatic rings. The minimum absolute atomic E-state index is 0.735. The molecule has 0 aliphatic rings. The summed E-state index contributed by atoms with van der Waals surface area (Å²) in [5.41, 5.74) is 0. The van der Waals surface area contributed by atoms with Gasteiger partial charge in [-0.05, 0) is 28.4 Å². The molecule has 17 heavy (non-hydrogen) atoms. The second-order valence-electron chi connectivity index (χ2n) is 4.02. The quantitative estimate of drug-likeness (QED) is 0.699. The molecule has 0 amide bonds. The first-order valence-electron chi connectivity index (χ1n) is 5.97. The van der Waals surface area contributed by atoms with Crippen molar-refractivity contribution in [2.75, 3.05) is 6.61 Å². The first kappa shape index (κ1) is 12.8. The molecule has 2 aromatic heterocycles.